The van der Waals surface area contributed by atoms with Crippen molar-refractivity contribution in [1.29, 1.82) is 0 Å². The normalized spacial score (nSPS) is 17.9. The second-order valence-corrected chi connectivity index (χ2v) is 16.9. The van der Waals surface area contributed by atoms with Gasteiger partial charge in [-0.15, -0.1) is 5.06 Å². The van der Waals surface area contributed by atoms with Crippen molar-refractivity contribution in [2.45, 2.75) is 100 Å². The van der Waals surface area contributed by atoms with Crippen molar-refractivity contribution < 1.29 is 49.7 Å². The summed E-state index contributed by atoms with van der Waals surface area (Å²) in [6, 6.07) is 9.15. The Morgan fingerprint density at radius 3 is 2.13 bits per heavy atom. The van der Waals surface area contributed by atoms with Crippen LogP contribution in [0.3, 0.4) is 0 Å². The molecule has 2 aromatic rings. The molecule has 13 nitrogen and oxygen atoms in total. The maximum atomic E-state index is 12.2. The Hall–Kier alpha value is -4.40. The summed E-state index contributed by atoms with van der Waals surface area (Å²) in [6.45, 7) is 11.1. The third kappa shape index (κ3) is 7.69. The maximum Gasteiger partial charge on any atom is 0.333 e. The van der Waals surface area contributed by atoms with Gasteiger partial charge in [-0.2, -0.15) is 21.4 Å². The molecule has 5 rings (SSSR count). The predicted octanol–water partition coefficient (Wildman–Crippen LogP) is 5.53. The Labute approximate surface area is 304 Å². The van der Waals surface area contributed by atoms with Crippen molar-refractivity contribution in [1.82, 2.24) is 5.06 Å². The third-order valence-corrected chi connectivity index (χ3v) is 11.6. The van der Waals surface area contributed by atoms with Gasteiger partial charge in [-0.25, -0.2) is 4.79 Å². The number of benzene rings is 2. The number of imide groups is 1. The SMILES string of the molecule is CC[N+]1=C(C/C=C/C=C=C2N(CCCCCC(=O)ON3C(=O)CCC3=O)c3ccc(S(=O)(=O)O)cc3C2(C)C)C(C)(C)c2cc(S(=O)(=O)O)ccc21. The lowest BCUT2D eigenvalue weighted by atomic mass is 9.80. The summed E-state index contributed by atoms with van der Waals surface area (Å²) in [7, 11) is -8.80. The van der Waals surface area contributed by atoms with Crippen molar-refractivity contribution >= 4 is 55.1 Å². The molecule has 2 amide bonds. The van der Waals surface area contributed by atoms with E-state index in [4.69, 9.17) is 4.84 Å². The molecule has 0 spiro atoms. The number of amides is 2. The number of anilines is 1. The number of carbonyl (C=O) groups is 3. The van der Waals surface area contributed by atoms with Crippen LogP contribution in [-0.2, 0) is 50.3 Å². The summed E-state index contributed by atoms with van der Waals surface area (Å²) in [4.78, 5) is 42.4. The summed E-state index contributed by atoms with van der Waals surface area (Å²) >= 11 is 0. The first-order chi connectivity index (χ1) is 24.3. The van der Waals surface area contributed by atoms with Crippen LogP contribution < -0.4 is 4.90 Å². The minimum atomic E-state index is -4.44. The Balaban J connectivity index is 1.34. The van der Waals surface area contributed by atoms with Gasteiger partial charge in [-0.1, -0.05) is 24.3 Å². The largest absolute Gasteiger partial charge is 0.338 e. The van der Waals surface area contributed by atoms with Gasteiger partial charge in [0.1, 0.15) is 6.54 Å². The second-order valence-electron chi connectivity index (χ2n) is 14.0. The van der Waals surface area contributed by atoms with Crippen molar-refractivity contribution in [2.75, 3.05) is 18.0 Å². The highest BCUT2D eigenvalue weighted by atomic mass is 32.2. The summed E-state index contributed by atoms with van der Waals surface area (Å²) in [6.07, 6.45) is 8.02. The molecule has 3 aliphatic heterocycles. The average molecular weight is 755 g/mol. The van der Waals surface area contributed by atoms with Crippen LogP contribution in [0.15, 0.2) is 75.8 Å². The topological polar surface area (TPSA) is 179 Å². The van der Waals surface area contributed by atoms with Gasteiger partial charge in [0.15, 0.2) is 5.71 Å². The standard InChI is InChI=1S/C37H43N3O10S2/c1-6-38-29-18-16-25(51(44,45)46)23-27(29)36(2,3)31(38)13-9-7-10-14-32-37(4,5)28-24-26(52(47,48)49)17-19-30(28)39(32)22-12-8-11-15-35(43)50-40-33(41)20-21-34(40)42/h7,9-10,16-19,23-24H,6,8,11-13,15,20-22H2,1-5H3,(H-,44,45,46,47,48,49)/p+1/b9-7+. The summed E-state index contributed by atoms with van der Waals surface area (Å²) in [5.41, 5.74) is 7.22. The maximum absolute atomic E-state index is 12.2. The second kappa shape index (κ2) is 14.6. The van der Waals surface area contributed by atoms with E-state index in [1.165, 1.54) is 24.3 Å². The molecule has 1 fully saturated rings. The highest BCUT2D eigenvalue weighted by molar-refractivity contribution is 7.86. The zero-order chi connectivity index (χ0) is 38.2. The smallest absolute Gasteiger partial charge is 0.333 e. The van der Waals surface area contributed by atoms with Crippen LogP contribution in [0.25, 0.3) is 0 Å². The van der Waals surface area contributed by atoms with Crippen molar-refractivity contribution in [3.63, 3.8) is 0 Å². The zero-order valence-electron chi connectivity index (χ0n) is 29.9. The molecule has 3 aliphatic rings. The lowest BCUT2D eigenvalue weighted by Gasteiger charge is -2.25. The molecule has 52 heavy (non-hydrogen) atoms. The van der Waals surface area contributed by atoms with Gasteiger partial charge in [-0.05, 0) is 89.4 Å². The van der Waals surface area contributed by atoms with Crippen LogP contribution in [0.4, 0.5) is 11.4 Å². The minimum Gasteiger partial charge on any atom is -0.338 e. The number of allylic oxidation sites excluding steroid dienone is 3. The van der Waals surface area contributed by atoms with Gasteiger partial charge in [0.2, 0.25) is 5.69 Å². The van der Waals surface area contributed by atoms with E-state index in [1.807, 2.05) is 51.7 Å². The van der Waals surface area contributed by atoms with E-state index in [0.717, 1.165) is 28.3 Å². The number of unbranched alkanes of at least 4 members (excludes halogenated alkanes) is 2. The van der Waals surface area contributed by atoms with Crippen LogP contribution in [0, 0.1) is 0 Å². The molecule has 0 aliphatic carbocycles. The first-order valence-corrected chi connectivity index (χ1v) is 20.0. The lowest BCUT2D eigenvalue weighted by Crippen LogP contribution is -2.32. The fraction of sp³-hybridized carbons (Fsp3) is 0.432. The monoisotopic (exact) mass is 754 g/mol. The molecule has 0 saturated carbocycles. The molecule has 0 bridgehead atoms. The van der Waals surface area contributed by atoms with Crippen LogP contribution in [-0.4, -0.2) is 72.2 Å². The molecule has 2 aromatic carbocycles. The number of nitrogens with zero attached hydrogens (tertiary/aromatic N) is 3. The number of hydrogen-bond acceptors (Lipinski definition) is 9. The summed E-state index contributed by atoms with van der Waals surface area (Å²) in [5, 5.41) is 0.540. The molecule has 1 saturated heterocycles. The predicted molar refractivity (Wildman–Crippen MR) is 192 cm³/mol. The van der Waals surface area contributed by atoms with Crippen LogP contribution in [0.1, 0.15) is 90.7 Å². The molecule has 278 valence electrons. The van der Waals surface area contributed by atoms with Crippen LogP contribution >= 0.6 is 0 Å². The van der Waals surface area contributed by atoms with E-state index in [2.05, 4.69) is 10.3 Å². The molecular weight excluding hydrogens is 711 g/mol. The number of fused-ring (bicyclic) bond motifs is 2. The van der Waals surface area contributed by atoms with Gasteiger partial charge in [0.05, 0.1) is 20.9 Å². The zero-order valence-corrected chi connectivity index (χ0v) is 31.5. The van der Waals surface area contributed by atoms with E-state index < -0.39 is 48.8 Å². The fourth-order valence-electron chi connectivity index (χ4n) is 7.16. The summed E-state index contributed by atoms with van der Waals surface area (Å²) < 4.78 is 69.2. The van der Waals surface area contributed by atoms with Gasteiger partial charge in [0, 0.05) is 55.0 Å². The Morgan fingerprint density at radius 2 is 1.52 bits per heavy atom. The molecule has 0 unspecified atom stereocenters. The molecule has 0 atom stereocenters. The van der Waals surface area contributed by atoms with E-state index in [9.17, 15) is 40.3 Å². The van der Waals surface area contributed by atoms with Crippen molar-refractivity contribution in [2.24, 2.45) is 0 Å². The van der Waals surface area contributed by atoms with E-state index in [0.29, 0.717) is 49.4 Å². The quantitative estimate of drug-likeness (QED) is 0.0657. The van der Waals surface area contributed by atoms with E-state index in [1.54, 1.807) is 18.2 Å². The van der Waals surface area contributed by atoms with E-state index in [-0.39, 0.29) is 29.1 Å². The van der Waals surface area contributed by atoms with Crippen molar-refractivity contribution in [3.05, 3.63) is 77.2 Å². The van der Waals surface area contributed by atoms with Gasteiger partial charge < -0.3 is 9.74 Å². The number of hydrogen-bond donors (Lipinski definition) is 2. The molecule has 3 heterocycles. The molecule has 15 heteroatoms. The number of hydroxylamine groups is 2. The molecule has 0 radical (unpaired) electrons. The molecule has 0 aromatic heterocycles. The third-order valence-electron chi connectivity index (χ3n) is 9.91. The average Bonchev–Trinajstić information content (AvgIpc) is 3.58. The molecular formula is C37H44N3O10S2+. The lowest BCUT2D eigenvalue weighted by molar-refractivity contribution is -0.435. The fourth-order valence-corrected chi connectivity index (χ4v) is 8.17. The number of carbonyl (C=O) groups excluding carboxylic acids is 3. The Kier molecular flexibility index (Phi) is 10.9. The highest BCUT2D eigenvalue weighted by Crippen LogP contribution is 2.48. The Morgan fingerprint density at radius 1 is 0.904 bits per heavy atom. The Bertz CT molecular complexity index is 2160. The van der Waals surface area contributed by atoms with Crippen LogP contribution in [0.5, 0.6) is 0 Å². The van der Waals surface area contributed by atoms with Crippen LogP contribution in [0.2, 0.25) is 0 Å². The first kappa shape index (κ1) is 38.8. The van der Waals surface area contributed by atoms with Gasteiger partial charge in [-0.3, -0.25) is 18.7 Å². The van der Waals surface area contributed by atoms with Crippen molar-refractivity contribution in [3.8, 4) is 0 Å². The minimum absolute atomic E-state index is 0.0260. The summed E-state index contributed by atoms with van der Waals surface area (Å²) in [5.74, 6) is -1.71. The van der Waals surface area contributed by atoms with Gasteiger partial charge >= 0.3 is 5.97 Å². The first-order valence-electron chi connectivity index (χ1n) is 17.1. The highest BCUT2D eigenvalue weighted by Gasteiger charge is 2.45. The number of rotatable bonds is 13. The molecule has 2 N–H and O–H groups in total. The van der Waals surface area contributed by atoms with Gasteiger partial charge in [0.25, 0.3) is 32.1 Å². The van der Waals surface area contributed by atoms with E-state index >= 15 is 0 Å².